The van der Waals surface area contributed by atoms with Crippen LogP contribution in [0.25, 0.3) is 0 Å². The summed E-state index contributed by atoms with van der Waals surface area (Å²) in [5, 5.41) is 0. The van der Waals surface area contributed by atoms with Crippen molar-refractivity contribution in [1.82, 2.24) is 4.90 Å². The van der Waals surface area contributed by atoms with E-state index in [0.29, 0.717) is 12.4 Å². The van der Waals surface area contributed by atoms with Gasteiger partial charge in [-0.05, 0) is 6.92 Å². The second-order valence-corrected chi connectivity index (χ2v) is 2.22. The summed E-state index contributed by atoms with van der Waals surface area (Å²) in [7, 11) is 3.51. The molecule has 0 bridgehead atoms. The Morgan fingerprint density at radius 2 is 2.18 bits per heavy atom. The fraction of sp³-hybridized carbons (Fsp3) is 0.571. The van der Waals surface area contributed by atoms with Crippen molar-refractivity contribution < 1.29 is 9.53 Å². The summed E-state index contributed by atoms with van der Waals surface area (Å²) >= 11 is 0. The number of ether oxygens (including phenoxy) is 1. The first-order chi connectivity index (χ1) is 5.07. The third kappa shape index (κ3) is 4.25. The molecule has 0 saturated heterocycles. The van der Waals surface area contributed by atoms with Gasteiger partial charge >= 0.3 is 5.97 Å². The molecule has 4 nitrogen and oxygen atoms in total. The van der Waals surface area contributed by atoms with E-state index in [4.69, 9.17) is 5.73 Å². The SMILES string of the molecule is CCOC(=O)/C=C(/N)N(C)C. The molecule has 0 rings (SSSR count). The molecule has 64 valence electrons. The van der Waals surface area contributed by atoms with Crippen LogP contribution in [-0.2, 0) is 9.53 Å². The number of rotatable bonds is 3. The fourth-order valence-electron chi connectivity index (χ4n) is 0.434. The van der Waals surface area contributed by atoms with Crippen molar-refractivity contribution in [3.63, 3.8) is 0 Å². The summed E-state index contributed by atoms with van der Waals surface area (Å²) < 4.78 is 4.64. The molecule has 0 atom stereocenters. The van der Waals surface area contributed by atoms with Gasteiger partial charge in [0.25, 0.3) is 0 Å². The first-order valence-corrected chi connectivity index (χ1v) is 3.39. The standard InChI is InChI=1S/C7H14N2O2/c1-4-11-7(10)5-6(8)9(2)3/h5H,4,8H2,1-3H3/b6-5-. The molecule has 0 spiro atoms. The van der Waals surface area contributed by atoms with E-state index in [9.17, 15) is 4.79 Å². The van der Waals surface area contributed by atoms with Crippen LogP contribution in [0.5, 0.6) is 0 Å². The summed E-state index contributed by atoms with van der Waals surface area (Å²) in [6, 6.07) is 0. The second kappa shape index (κ2) is 4.60. The van der Waals surface area contributed by atoms with Crippen molar-refractivity contribution in [2.45, 2.75) is 6.92 Å². The predicted molar refractivity (Wildman–Crippen MR) is 42.6 cm³/mol. The minimum absolute atomic E-state index is 0.371. The van der Waals surface area contributed by atoms with Crippen LogP contribution < -0.4 is 5.73 Å². The van der Waals surface area contributed by atoms with Crippen LogP contribution in [0.3, 0.4) is 0 Å². The van der Waals surface area contributed by atoms with Gasteiger partial charge in [-0.2, -0.15) is 0 Å². The van der Waals surface area contributed by atoms with Gasteiger partial charge in [0.15, 0.2) is 0 Å². The van der Waals surface area contributed by atoms with Gasteiger partial charge in [-0.15, -0.1) is 0 Å². The van der Waals surface area contributed by atoms with Crippen molar-refractivity contribution in [3.8, 4) is 0 Å². The topological polar surface area (TPSA) is 55.6 Å². The molecule has 0 fully saturated rings. The number of carbonyl (C=O) groups excluding carboxylic acids is 1. The quantitative estimate of drug-likeness (QED) is 0.460. The molecule has 0 heterocycles. The van der Waals surface area contributed by atoms with Crippen molar-refractivity contribution in [3.05, 3.63) is 11.9 Å². The summed E-state index contributed by atoms with van der Waals surface area (Å²) in [5.41, 5.74) is 5.43. The lowest BCUT2D eigenvalue weighted by molar-refractivity contribution is -0.137. The van der Waals surface area contributed by atoms with Crippen LogP contribution in [-0.4, -0.2) is 31.6 Å². The Kier molecular flexibility index (Phi) is 4.10. The summed E-state index contributed by atoms with van der Waals surface area (Å²) in [6.07, 6.45) is 1.25. The van der Waals surface area contributed by atoms with E-state index < -0.39 is 5.97 Å². The zero-order valence-electron chi connectivity index (χ0n) is 7.13. The van der Waals surface area contributed by atoms with E-state index in [-0.39, 0.29) is 0 Å². The molecule has 0 aliphatic heterocycles. The van der Waals surface area contributed by atoms with Gasteiger partial charge in [0.2, 0.25) is 0 Å². The molecule has 11 heavy (non-hydrogen) atoms. The maximum absolute atomic E-state index is 10.8. The molecule has 4 heteroatoms. The van der Waals surface area contributed by atoms with E-state index in [0.717, 1.165) is 0 Å². The third-order valence-corrected chi connectivity index (χ3v) is 1.07. The smallest absolute Gasteiger partial charge is 0.334 e. The summed E-state index contributed by atoms with van der Waals surface area (Å²) in [6.45, 7) is 2.12. The Hall–Kier alpha value is -1.19. The largest absolute Gasteiger partial charge is 0.463 e. The average molecular weight is 158 g/mol. The summed E-state index contributed by atoms with van der Waals surface area (Å²) in [5.74, 6) is -0.0119. The molecular weight excluding hydrogens is 144 g/mol. The maximum Gasteiger partial charge on any atom is 0.334 e. The minimum Gasteiger partial charge on any atom is -0.463 e. The van der Waals surface area contributed by atoms with Crippen LogP contribution >= 0.6 is 0 Å². The molecule has 2 N–H and O–H groups in total. The lowest BCUT2D eigenvalue weighted by Crippen LogP contribution is -2.20. The molecule has 0 aromatic rings. The van der Waals surface area contributed by atoms with Crippen LogP contribution in [0.4, 0.5) is 0 Å². The molecule has 0 unspecified atom stereocenters. The van der Waals surface area contributed by atoms with Gasteiger partial charge in [0, 0.05) is 14.1 Å². The van der Waals surface area contributed by atoms with Gasteiger partial charge in [-0.3, -0.25) is 0 Å². The number of esters is 1. The van der Waals surface area contributed by atoms with Gasteiger partial charge in [-0.25, -0.2) is 4.79 Å². The van der Waals surface area contributed by atoms with Crippen LogP contribution in [0.1, 0.15) is 6.92 Å². The van der Waals surface area contributed by atoms with Gasteiger partial charge < -0.3 is 15.4 Å². The third-order valence-electron chi connectivity index (χ3n) is 1.07. The molecule has 0 radical (unpaired) electrons. The second-order valence-electron chi connectivity index (χ2n) is 2.22. The Bertz CT molecular complexity index is 164. The van der Waals surface area contributed by atoms with Crippen molar-refractivity contribution in [2.75, 3.05) is 20.7 Å². The Balaban J connectivity index is 3.97. The Labute approximate surface area is 66.6 Å². The summed E-state index contributed by atoms with van der Waals surface area (Å²) in [4.78, 5) is 12.4. The Morgan fingerprint density at radius 3 is 2.55 bits per heavy atom. The first kappa shape index (κ1) is 9.81. The minimum atomic E-state index is -0.404. The highest BCUT2D eigenvalue weighted by Gasteiger charge is 1.98. The van der Waals surface area contributed by atoms with Gasteiger partial charge in [0.1, 0.15) is 5.82 Å². The predicted octanol–water partition coefficient (Wildman–Crippen LogP) is -0.0888. The Morgan fingerprint density at radius 1 is 1.64 bits per heavy atom. The number of hydrogen-bond donors (Lipinski definition) is 1. The number of carbonyl (C=O) groups is 1. The van der Waals surface area contributed by atoms with E-state index in [1.54, 1.807) is 25.9 Å². The lowest BCUT2D eigenvalue weighted by atomic mass is 10.5. The first-order valence-electron chi connectivity index (χ1n) is 3.39. The van der Waals surface area contributed by atoms with E-state index in [1.165, 1.54) is 6.08 Å². The molecule has 0 amide bonds. The molecule has 0 aromatic heterocycles. The van der Waals surface area contributed by atoms with Crippen molar-refractivity contribution >= 4 is 5.97 Å². The number of hydrogen-bond acceptors (Lipinski definition) is 4. The number of nitrogens with two attached hydrogens (primary N) is 1. The average Bonchev–Trinajstić information content (AvgIpc) is 1.87. The highest BCUT2D eigenvalue weighted by molar-refractivity contribution is 5.82. The molecule has 0 saturated carbocycles. The monoisotopic (exact) mass is 158 g/mol. The molecular formula is C7H14N2O2. The highest BCUT2D eigenvalue weighted by Crippen LogP contribution is 1.89. The normalized spacial score (nSPS) is 11.0. The van der Waals surface area contributed by atoms with Crippen molar-refractivity contribution in [2.24, 2.45) is 5.73 Å². The molecule has 0 aromatic carbocycles. The zero-order chi connectivity index (χ0) is 8.85. The molecule has 0 aliphatic rings. The van der Waals surface area contributed by atoms with E-state index in [2.05, 4.69) is 4.74 Å². The van der Waals surface area contributed by atoms with Crippen LogP contribution in [0, 0.1) is 0 Å². The van der Waals surface area contributed by atoms with E-state index in [1.807, 2.05) is 0 Å². The van der Waals surface area contributed by atoms with Crippen molar-refractivity contribution in [1.29, 1.82) is 0 Å². The maximum atomic E-state index is 10.8. The fourth-order valence-corrected chi connectivity index (χ4v) is 0.434. The zero-order valence-corrected chi connectivity index (χ0v) is 7.13. The number of nitrogens with zero attached hydrogens (tertiary/aromatic N) is 1. The van der Waals surface area contributed by atoms with E-state index >= 15 is 0 Å². The van der Waals surface area contributed by atoms with Crippen LogP contribution in [0.2, 0.25) is 0 Å². The van der Waals surface area contributed by atoms with Gasteiger partial charge in [-0.1, -0.05) is 0 Å². The van der Waals surface area contributed by atoms with Gasteiger partial charge in [0.05, 0.1) is 12.7 Å². The van der Waals surface area contributed by atoms with Crippen LogP contribution in [0.15, 0.2) is 11.9 Å². The molecule has 0 aliphatic carbocycles. The highest BCUT2D eigenvalue weighted by atomic mass is 16.5. The lowest BCUT2D eigenvalue weighted by Gasteiger charge is -2.10.